The average molecular weight is 926 g/mol. The highest BCUT2D eigenvalue weighted by Crippen LogP contribution is 2.64. The van der Waals surface area contributed by atoms with Gasteiger partial charge >= 0.3 is 0 Å². The minimum absolute atomic E-state index is 0.386. The normalized spacial score (nSPS) is 16.7. The van der Waals surface area contributed by atoms with Crippen molar-refractivity contribution in [2.24, 2.45) is 0 Å². The van der Waals surface area contributed by atoms with Gasteiger partial charge in [0.25, 0.3) is 0 Å². The van der Waals surface area contributed by atoms with Crippen LogP contribution in [-0.4, -0.2) is 0 Å². The van der Waals surface area contributed by atoms with Crippen LogP contribution in [0.2, 0.25) is 0 Å². The standard InChI is InChI=1S/C71H59N/c1-45(2)48-27-29-49(30-28-48)50-31-34-55(35-32-50)72(56-36-39-62-58-21-10-13-24-64(58)70(68(62)43-56,53-18-8-7-9-19-53)54-20-16-17-51(41-54)46(3)4)57-37-40-63-60-23-12-15-26-66(60)71(69(63)44-57)65-25-14-11-22-59(65)61-38-33-52(47(5)6)42-67(61)71/h7-47H,1-6H3. The van der Waals surface area contributed by atoms with E-state index < -0.39 is 10.8 Å². The molecule has 0 bridgehead atoms. The molecule has 2 atom stereocenters. The third kappa shape index (κ3) is 6.39. The predicted octanol–water partition coefficient (Wildman–Crippen LogP) is 18.9. The van der Waals surface area contributed by atoms with E-state index in [9.17, 15) is 0 Å². The highest BCUT2D eigenvalue weighted by Gasteiger charge is 2.52. The van der Waals surface area contributed by atoms with Crippen molar-refractivity contribution >= 4 is 17.1 Å². The number of rotatable bonds is 9. The summed E-state index contributed by atoms with van der Waals surface area (Å²) in [4.78, 5) is 2.53. The topological polar surface area (TPSA) is 3.24 Å². The van der Waals surface area contributed by atoms with Gasteiger partial charge in [-0.2, -0.15) is 0 Å². The Kier molecular flexibility index (Phi) is 10.3. The lowest BCUT2D eigenvalue weighted by molar-refractivity contribution is 0.760. The lowest BCUT2D eigenvalue weighted by Crippen LogP contribution is -2.29. The molecule has 0 fully saturated rings. The zero-order chi connectivity index (χ0) is 48.9. The molecule has 0 heterocycles. The minimum atomic E-state index is -0.555. The van der Waals surface area contributed by atoms with Crippen LogP contribution < -0.4 is 4.90 Å². The van der Waals surface area contributed by atoms with Crippen LogP contribution in [0.1, 0.15) is 120 Å². The van der Waals surface area contributed by atoms with E-state index in [4.69, 9.17) is 0 Å². The van der Waals surface area contributed by atoms with Gasteiger partial charge in [-0.05, 0) is 160 Å². The Hall–Kier alpha value is -8.00. The van der Waals surface area contributed by atoms with Gasteiger partial charge in [-0.15, -0.1) is 0 Å². The minimum Gasteiger partial charge on any atom is -0.310 e. The van der Waals surface area contributed by atoms with E-state index >= 15 is 0 Å². The van der Waals surface area contributed by atoms with E-state index in [2.05, 4.69) is 277 Å². The van der Waals surface area contributed by atoms with Crippen LogP contribution >= 0.6 is 0 Å². The quantitative estimate of drug-likeness (QED) is 0.139. The number of fused-ring (bicyclic) bond motifs is 13. The van der Waals surface area contributed by atoms with Crippen molar-refractivity contribution in [3.05, 3.63) is 292 Å². The number of nitrogens with zero attached hydrogens (tertiary/aromatic N) is 1. The lowest BCUT2D eigenvalue weighted by atomic mass is 9.67. The molecule has 348 valence electrons. The summed E-state index contributed by atoms with van der Waals surface area (Å²) in [6, 6.07) is 88.4. The third-order valence-corrected chi connectivity index (χ3v) is 16.5. The molecule has 13 rings (SSSR count). The summed E-state index contributed by atoms with van der Waals surface area (Å²) >= 11 is 0. The maximum absolute atomic E-state index is 2.54. The summed E-state index contributed by atoms with van der Waals surface area (Å²) in [5.74, 6) is 1.27. The SMILES string of the molecule is CC(C)c1ccc(-c2ccc(N(c3ccc4c(c3)C(c3ccccc3)(c3cccc(C(C)C)c3)c3ccccc3-4)c3ccc4c(c3)C3(c5ccccc5-c5ccc(C(C)C)cc53)c3ccccc3-4)cc2)cc1. The molecule has 0 aromatic heterocycles. The second kappa shape index (κ2) is 16.8. The van der Waals surface area contributed by atoms with Gasteiger partial charge in [-0.25, -0.2) is 0 Å². The lowest BCUT2D eigenvalue weighted by Gasteiger charge is -2.35. The predicted molar refractivity (Wildman–Crippen MR) is 302 cm³/mol. The van der Waals surface area contributed by atoms with Crippen LogP contribution in [0.4, 0.5) is 17.1 Å². The van der Waals surface area contributed by atoms with Crippen LogP contribution in [0.15, 0.2) is 231 Å². The van der Waals surface area contributed by atoms with Crippen molar-refractivity contribution in [3.8, 4) is 44.5 Å². The molecule has 0 saturated carbocycles. The fourth-order valence-electron chi connectivity index (χ4n) is 13.0. The Balaban J connectivity index is 1.07. The number of hydrogen-bond donors (Lipinski definition) is 0. The van der Waals surface area contributed by atoms with Gasteiger partial charge in [0.05, 0.1) is 10.8 Å². The van der Waals surface area contributed by atoms with Gasteiger partial charge in [0.15, 0.2) is 0 Å². The molecule has 2 unspecified atom stereocenters. The van der Waals surface area contributed by atoms with Gasteiger partial charge in [-0.1, -0.05) is 236 Å². The van der Waals surface area contributed by atoms with Gasteiger partial charge in [0.2, 0.25) is 0 Å². The molecular weight excluding hydrogens is 867 g/mol. The second-order valence-electron chi connectivity index (χ2n) is 21.4. The molecule has 3 aliphatic rings. The third-order valence-electron chi connectivity index (χ3n) is 16.5. The Bertz CT molecular complexity index is 3610. The van der Waals surface area contributed by atoms with E-state index in [1.165, 1.54) is 106 Å². The zero-order valence-corrected chi connectivity index (χ0v) is 42.1. The first kappa shape index (κ1) is 44.0. The van der Waals surface area contributed by atoms with Gasteiger partial charge < -0.3 is 4.90 Å². The fourth-order valence-corrected chi connectivity index (χ4v) is 13.0. The molecule has 0 radical (unpaired) electrons. The average Bonchev–Trinajstić information content (AvgIpc) is 4.01. The molecule has 10 aromatic carbocycles. The smallest absolute Gasteiger partial charge is 0.0726 e. The summed E-state index contributed by atoms with van der Waals surface area (Å²) in [6.45, 7) is 13.8. The Labute approximate surface area is 426 Å². The number of hydrogen-bond acceptors (Lipinski definition) is 1. The Morgan fingerprint density at radius 2 is 0.653 bits per heavy atom. The number of benzene rings is 10. The van der Waals surface area contributed by atoms with Crippen LogP contribution in [-0.2, 0) is 10.8 Å². The van der Waals surface area contributed by atoms with E-state index in [1.54, 1.807) is 0 Å². The monoisotopic (exact) mass is 925 g/mol. The molecule has 10 aromatic rings. The molecule has 3 aliphatic carbocycles. The summed E-state index contributed by atoms with van der Waals surface area (Å²) in [7, 11) is 0. The van der Waals surface area contributed by atoms with Crippen molar-refractivity contribution in [1.29, 1.82) is 0 Å². The fraction of sp³-hybridized carbons (Fsp3) is 0.155. The Morgan fingerprint density at radius 1 is 0.264 bits per heavy atom. The first-order valence-corrected chi connectivity index (χ1v) is 26.1. The van der Waals surface area contributed by atoms with E-state index in [0.717, 1.165) is 17.1 Å². The maximum atomic E-state index is 2.54. The molecule has 0 aliphatic heterocycles. The van der Waals surface area contributed by atoms with E-state index in [1.807, 2.05) is 0 Å². The van der Waals surface area contributed by atoms with Crippen molar-refractivity contribution in [2.45, 2.75) is 70.1 Å². The van der Waals surface area contributed by atoms with E-state index in [0.29, 0.717) is 17.8 Å². The zero-order valence-electron chi connectivity index (χ0n) is 42.1. The molecule has 1 nitrogen and oxygen atoms in total. The molecule has 0 N–H and O–H groups in total. The molecule has 1 spiro atoms. The first-order valence-electron chi connectivity index (χ1n) is 26.1. The summed E-state index contributed by atoms with van der Waals surface area (Å²) < 4.78 is 0. The number of anilines is 3. The molecular formula is C71H59N. The van der Waals surface area contributed by atoms with Crippen molar-refractivity contribution in [3.63, 3.8) is 0 Å². The van der Waals surface area contributed by atoms with Crippen LogP contribution in [0.3, 0.4) is 0 Å². The maximum Gasteiger partial charge on any atom is 0.0726 e. The molecule has 0 amide bonds. The highest BCUT2D eigenvalue weighted by atomic mass is 15.1. The van der Waals surface area contributed by atoms with Gasteiger partial charge in [0, 0.05) is 17.1 Å². The van der Waals surface area contributed by atoms with E-state index in [-0.39, 0.29) is 0 Å². The molecule has 1 heteroatoms. The largest absolute Gasteiger partial charge is 0.310 e. The summed E-state index contributed by atoms with van der Waals surface area (Å²) in [5, 5.41) is 0. The van der Waals surface area contributed by atoms with Crippen molar-refractivity contribution < 1.29 is 0 Å². The summed E-state index contributed by atoms with van der Waals surface area (Å²) in [5.41, 5.74) is 27.2. The summed E-state index contributed by atoms with van der Waals surface area (Å²) in [6.07, 6.45) is 0. The van der Waals surface area contributed by atoms with Crippen LogP contribution in [0, 0.1) is 0 Å². The van der Waals surface area contributed by atoms with Crippen LogP contribution in [0.25, 0.3) is 44.5 Å². The highest BCUT2D eigenvalue weighted by molar-refractivity contribution is 5.97. The first-order chi connectivity index (χ1) is 35.2. The van der Waals surface area contributed by atoms with Crippen molar-refractivity contribution in [1.82, 2.24) is 0 Å². The second-order valence-corrected chi connectivity index (χ2v) is 21.4. The molecule has 72 heavy (non-hydrogen) atoms. The van der Waals surface area contributed by atoms with Crippen LogP contribution in [0.5, 0.6) is 0 Å². The molecule has 0 saturated heterocycles. The van der Waals surface area contributed by atoms with Crippen molar-refractivity contribution in [2.75, 3.05) is 4.90 Å². The Morgan fingerprint density at radius 3 is 1.19 bits per heavy atom. The van der Waals surface area contributed by atoms with Gasteiger partial charge in [-0.3, -0.25) is 0 Å². The van der Waals surface area contributed by atoms with Gasteiger partial charge in [0.1, 0.15) is 0 Å².